The van der Waals surface area contributed by atoms with Gasteiger partial charge in [0.1, 0.15) is 29.0 Å². The highest BCUT2D eigenvalue weighted by Crippen LogP contribution is 2.32. The summed E-state index contributed by atoms with van der Waals surface area (Å²) < 4.78 is 10.7. The Morgan fingerprint density at radius 2 is 2.00 bits per heavy atom. The van der Waals surface area contributed by atoms with E-state index in [4.69, 9.17) is 9.47 Å². The molecule has 2 aromatic rings. The van der Waals surface area contributed by atoms with Crippen LogP contribution in [0, 0.1) is 12.8 Å². The molecule has 1 saturated heterocycles. The van der Waals surface area contributed by atoms with Gasteiger partial charge in [0, 0.05) is 25.2 Å². The van der Waals surface area contributed by atoms with Crippen molar-refractivity contribution in [3.63, 3.8) is 0 Å². The van der Waals surface area contributed by atoms with Crippen LogP contribution in [0.15, 0.2) is 24.3 Å². The van der Waals surface area contributed by atoms with E-state index in [1.807, 2.05) is 31.2 Å². The summed E-state index contributed by atoms with van der Waals surface area (Å²) in [6, 6.07) is 7.65. The van der Waals surface area contributed by atoms with Crippen LogP contribution >= 0.6 is 0 Å². The van der Waals surface area contributed by atoms with Crippen molar-refractivity contribution in [3.8, 4) is 11.5 Å². The highest BCUT2D eigenvalue weighted by Gasteiger charge is 2.19. The Morgan fingerprint density at radius 3 is 2.72 bits per heavy atom. The minimum atomic E-state index is 0.693. The van der Waals surface area contributed by atoms with Crippen molar-refractivity contribution in [3.05, 3.63) is 30.1 Å². The predicted octanol–water partition coefficient (Wildman–Crippen LogP) is 3.78. The third-order valence-electron chi connectivity index (χ3n) is 4.47. The van der Waals surface area contributed by atoms with Gasteiger partial charge in [-0.15, -0.1) is 0 Å². The van der Waals surface area contributed by atoms with E-state index in [0.29, 0.717) is 5.92 Å². The fraction of sp³-hybridized carbons (Fsp3) is 0.474. The van der Waals surface area contributed by atoms with Gasteiger partial charge in [0.25, 0.3) is 0 Å². The van der Waals surface area contributed by atoms with Crippen molar-refractivity contribution in [1.29, 1.82) is 0 Å². The van der Waals surface area contributed by atoms with Crippen LogP contribution in [0.5, 0.6) is 11.5 Å². The molecular weight excluding hydrogens is 316 g/mol. The summed E-state index contributed by atoms with van der Waals surface area (Å²) >= 11 is 0. The van der Waals surface area contributed by atoms with Crippen LogP contribution in [0.3, 0.4) is 0 Å². The lowest BCUT2D eigenvalue weighted by atomic mass is 10.0. The summed E-state index contributed by atoms with van der Waals surface area (Å²) in [7, 11) is 3.30. The van der Waals surface area contributed by atoms with Crippen molar-refractivity contribution >= 4 is 17.3 Å². The number of anilines is 3. The van der Waals surface area contributed by atoms with Crippen LogP contribution in [0.1, 0.15) is 25.6 Å². The Kier molecular flexibility index (Phi) is 5.26. The van der Waals surface area contributed by atoms with Crippen molar-refractivity contribution in [1.82, 2.24) is 9.97 Å². The van der Waals surface area contributed by atoms with E-state index in [1.54, 1.807) is 14.2 Å². The molecule has 0 bridgehead atoms. The van der Waals surface area contributed by atoms with E-state index in [0.717, 1.165) is 47.7 Å². The number of benzene rings is 1. The Labute approximate surface area is 149 Å². The van der Waals surface area contributed by atoms with E-state index >= 15 is 0 Å². The lowest BCUT2D eigenvalue weighted by molar-refractivity contribution is 0.405. The Balaban J connectivity index is 1.88. The van der Waals surface area contributed by atoms with Crippen LogP contribution in [0.4, 0.5) is 17.3 Å². The second-order valence-electron chi connectivity index (χ2n) is 6.54. The molecule has 2 heterocycles. The van der Waals surface area contributed by atoms with Crippen molar-refractivity contribution < 1.29 is 9.47 Å². The molecule has 1 aliphatic rings. The number of nitrogens with zero attached hydrogens (tertiary/aromatic N) is 3. The minimum Gasteiger partial charge on any atom is -0.497 e. The number of hydrogen-bond acceptors (Lipinski definition) is 6. The first-order chi connectivity index (χ1) is 12.1. The molecule has 1 aliphatic heterocycles. The minimum absolute atomic E-state index is 0.693. The lowest BCUT2D eigenvalue weighted by Gasteiger charge is -2.32. The van der Waals surface area contributed by atoms with Gasteiger partial charge >= 0.3 is 0 Å². The maximum Gasteiger partial charge on any atom is 0.142 e. The first kappa shape index (κ1) is 17.3. The van der Waals surface area contributed by atoms with Gasteiger partial charge in [0.05, 0.1) is 19.9 Å². The molecule has 1 atom stereocenters. The zero-order valence-corrected chi connectivity index (χ0v) is 15.4. The summed E-state index contributed by atoms with van der Waals surface area (Å²) in [5.41, 5.74) is 0.818. The number of hydrogen-bond donors (Lipinski definition) is 1. The molecule has 0 saturated carbocycles. The molecule has 1 aromatic heterocycles. The molecule has 1 fully saturated rings. The normalized spacial score (nSPS) is 17.3. The highest BCUT2D eigenvalue weighted by atomic mass is 16.5. The molecule has 134 valence electrons. The number of rotatable bonds is 5. The Hall–Kier alpha value is -2.50. The first-order valence-corrected chi connectivity index (χ1v) is 8.68. The molecule has 3 rings (SSSR count). The van der Waals surface area contributed by atoms with Crippen LogP contribution < -0.4 is 19.7 Å². The average molecular weight is 342 g/mol. The Bertz CT molecular complexity index is 735. The van der Waals surface area contributed by atoms with Crippen molar-refractivity contribution in [2.45, 2.75) is 26.7 Å². The van der Waals surface area contributed by atoms with Crippen molar-refractivity contribution in [2.24, 2.45) is 5.92 Å². The molecular formula is C19H26N4O2. The summed E-state index contributed by atoms with van der Waals surface area (Å²) in [6.07, 6.45) is 2.49. The molecule has 6 nitrogen and oxygen atoms in total. The zero-order valence-electron chi connectivity index (χ0n) is 15.4. The van der Waals surface area contributed by atoms with Crippen LogP contribution in [0.2, 0.25) is 0 Å². The first-order valence-electron chi connectivity index (χ1n) is 8.68. The predicted molar refractivity (Wildman–Crippen MR) is 100 cm³/mol. The van der Waals surface area contributed by atoms with Gasteiger partial charge in [-0.2, -0.15) is 0 Å². The van der Waals surface area contributed by atoms with Gasteiger partial charge in [0.15, 0.2) is 0 Å². The maximum absolute atomic E-state index is 5.44. The van der Waals surface area contributed by atoms with Gasteiger partial charge in [-0.1, -0.05) is 6.92 Å². The SMILES string of the molecule is COc1ccc(OC)c(Nc2cc(N3CCCC(C)C3)nc(C)n2)c1. The standard InChI is InChI=1S/C19H26N4O2/c1-13-6-5-9-23(12-13)19-11-18(20-14(2)21-19)22-16-10-15(24-3)7-8-17(16)25-4/h7-8,10-11,13H,5-6,9,12H2,1-4H3,(H,20,21,22). The number of nitrogens with one attached hydrogen (secondary N) is 1. The second kappa shape index (κ2) is 7.59. The summed E-state index contributed by atoms with van der Waals surface area (Å²) in [5, 5.41) is 3.35. The average Bonchev–Trinajstić information content (AvgIpc) is 2.61. The van der Waals surface area contributed by atoms with E-state index in [9.17, 15) is 0 Å². The monoisotopic (exact) mass is 342 g/mol. The topological polar surface area (TPSA) is 59.5 Å². The van der Waals surface area contributed by atoms with E-state index in [-0.39, 0.29) is 0 Å². The van der Waals surface area contributed by atoms with Gasteiger partial charge in [-0.05, 0) is 37.8 Å². The summed E-state index contributed by atoms with van der Waals surface area (Å²) in [4.78, 5) is 11.5. The molecule has 0 amide bonds. The molecule has 0 aliphatic carbocycles. The fourth-order valence-corrected chi connectivity index (χ4v) is 3.23. The largest absolute Gasteiger partial charge is 0.497 e. The lowest BCUT2D eigenvalue weighted by Crippen LogP contribution is -2.35. The maximum atomic E-state index is 5.44. The Morgan fingerprint density at radius 1 is 1.16 bits per heavy atom. The van der Waals surface area contributed by atoms with Gasteiger partial charge in [0.2, 0.25) is 0 Å². The number of aromatic nitrogens is 2. The zero-order chi connectivity index (χ0) is 17.8. The van der Waals surface area contributed by atoms with Crippen LogP contribution in [0.25, 0.3) is 0 Å². The molecule has 1 aromatic carbocycles. The number of piperidine rings is 1. The van der Waals surface area contributed by atoms with Gasteiger partial charge in [-0.25, -0.2) is 9.97 Å². The molecule has 6 heteroatoms. The number of methoxy groups -OCH3 is 2. The van der Waals surface area contributed by atoms with E-state index in [2.05, 4.69) is 27.1 Å². The highest BCUT2D eigenvalue weighted by molar-refractivity contribution is 5.67. The molecule has 1 unspecified atom stereocenters. The smallest absolute Gasteiger partial charge is 0.142 e. The van der Waals surface area contributed by atoms with Crippen LogP contribution in [-0.4, -0.2) is 37.3 Å². The third-order valence-corrected chi connectivity index (χ3v) is 4.47. The summed E-state index contributed by atoms with van der Waals surface area (Å²) in [6.45, 7) is 6.30. The fourth-order valence-electron chi connectivity index (χ4n) is 3.23. The molecule has 0 radical (unpaired) electrons. The second-order valence-corrected chi connectivity index (χ2v) is 6.54. The number of ether oxygens (including phenoxy) is 2. The quantitative estimate of drug-likeness (QED) is 0.892. The molecule has 1 N–H and O–H groups in total. The van der Waals surface area contributed by atoms with E-state index in [1.165, 1.54) is 12.8 Å². The van der Waals surface area contributed by atoms with E-state index < -0.39 is 0 Å². The summed E-state index contributed by atoms with van der Waals surface area (Å²) in [5.74, 6) is 4.68. The van der Waals surface area contributed by atoms with Crippen LogP contribution in [-0.2, 0) is 0 Å². The molecule has 25 heavy (non-hydrogen) atoms. The van der Waals surface area contributed by atoms with Crippen molar-refractivity contribution in [2.75, 3.05) is 37.5 Å². The molecule has 0 spiro atoms. The van der Waals surface area contributed by atoms with Gasteiger partial charge in [-0.3, -0.25) is 0 Å². The van der Waals surface area contributed by atoms with Gasteiger partial charge < -0.3 is 19.7 Å². The third kappa shape index (κ3) is 4.13. The number of aryl methyl sites for hydroxylation is 1.